The topological polar surface area (TPSA) is 141 Å². The summed E-state index contributed by atoms with van der Waals surface area (Å²) in [5.41, 5.74) is 13.8. The van der Waals surface area contributed by atoms with Crippen LogP contribution in [0.15, 0.2) is 30.6 Å². The van der Waals surface area contributed by atoms with Gasteiger partial charge in [0.05, 0.1) is 10.9 Å². The van der Waals surface area contributed by atoms with E-state index >= 15 is 0 Å². The van der Waals surface area contributed by atoms with Gasteiger partial charge in [-0.1, -0.05) is 0 Å². The summed E-state index contributed by atoms with van der Waals surface area (Å²) in [6.45, 7) is 0. The minimum Gasteiger partial charge on any atom is -0.478 e. The van der Waals surface area contributed by atoms with Gasteiger partial charge in [-0.25, -0.2) is 9.78 Å². The number of nitrogens with two attached hydrogens (primary N) is 2. The molecule has 0 saturated heterocycles. The zero-order valence-corrected chi connectivity index (χ0v) is 12.1. The number of rotatable bonds is 4. The van der Waals surface area contributed by atoms with Gasteiger partial charge in [0, 0.05) is 18.1 Å². The normalized spacial score (nSPS) is 10.8. The summed E-state index contributed by atoms with van der Waals surface area (Å²) >= 11 is 0. The van der Waals surface area contributed by atoms with Crippen molar-refractivity contribution in [3.05, 3.63) is 47.4 Å². The van der Waals surface area contributed by atoms with E-state index in [1.54, 1.807) is 12.3 Å². The molecule has 0 aliphatic heterocycles. The molecular formula is C15H14N6O2. The molecule has 0 radical (unpaired) electrons. The zero-order valence-electron chi connectivity index (χ0n) is 12.1. The van der Waals surface area contributed by atoms with Gasteiger partial charge in [0.25, 0.3) is 0 Å². The second-order valence-corrected chi connectivity index (χ2v) is 5.03. The zero-order chi connectivity index (χ0) is 16.4. The van der Waals surface area contributed by atoms with Crippen LogP contribution in [-0.2, 0) is 12.8 Å². The van der Waals surface area contributed by atoms with E-state index in [1.165, 1.54) is 12.3 Å². The molecule has 3 aromatic rings. The summed E-state index contributed by atoms with van der Waals surface area (Å²) in [6.07, 6.45) is 4.40. The lowest BCUT2D eigenvalue weighted by Crippen LogP contribution is -2.03. The van der Waals surface area contributed by atoms with E-state index in [-0.39, 0.29) is 11.5 Å². The lowest BCUT2D eigenvalue weighted by Gasteiger charge is -2.05. The number of nitrogen functional groups attached to an aromatic ring is 2. The van der Waals surface area contributed by atoms with Crippen molar-refractivity contribution >= 4 is 28.8 Å². The highest BCUT2D eigenvalue weighted by Gasteiger charge is 2.07. The third-order valence-electron chi connectivity index (χ3n) is 3.40. The van der Waals surface area contributed by atoms with E-state index in [1.807, 2.05) is 6.07 Å². The summed E-state index contributed by atoms with van der Waals surface area (Å²) in [4.78, 5) is 27.1. The van der Waals surface area contributed by atoms with Crippen molar-refractivity contribution in [2.45, 2.75) is 12.8 Å². The van der Waals surface area contributed by atoms with Gasteiger partial charge >= 0.3 is 5.97 Å². The molecule has 0 unspecified atom stereocenters. The van der Waals surface area contributed by atoms with Crippen LogP contribution in [0.4, 0.5) is 11.8 Å². The molecule has 0 spiro atoms. The summed E-state index contributed by atoms with van der Waals surface area (Å²) in [5, 5.41) is 9.51. The second-order valence-electron chi connectivity index (χ2n) is 5.03. The molecule has 0 fully saturated rings. The number of hydrogen-bond donors (Lipinski definition) is 3. The fourth-order valence-corrected chi connectivity index (χ4v) is 2.20. The Bertz CT molecular complexity index is 879. The van der Waals surface area contributed by atoms with Crippen LogP contribution in [0.2, 0.25) is 0 Å². The fraction of sp³-hybridized carbons (Fsp3) is 0.133. The van der Waals surface area contributed by atoms with Crippen molar-refractivity contribution in [2.75, 3.05) is 11.5 Å². The Balaban J connectivity index is 1.78. The number of carboxylic acids is 1. The molecule has 0 atom stereocenters. The van der Waals surface area contributed by atoms with Crippen molar-refractivity contribution in [1.29, 1.82) is 0 Å². The Morgan fingerprint density at radius 3 is 2.61 bits per heavy atom. The SMILES string of the molecule is Nc1nc(N)c2cc(CCc3ccc(C(=O)O)cn3)cnc2n1. The maximum Gasteiger partial charge on any atom is 0.337 e. The second kappa shape index (κ2) is 5.84. The minimum atomic E-state index is -0.988. The minimum absolute atomic E-state index is 0.0953. The van der Waals surface area contributed by atoms with Gasteiger partial charge in [-0.05, 0) is 36.6 Å². The number of hydrogen-bond acceptors (Lipinski definition) is 7. The van der Waals surface area contributed by atoms with E-state index in [2.05, 4.69) is 19.9 Å². The Hall–Kier alpha value is -3.29. The molecule has 0 amide bonds. The van der Waals surface area contributed by atoms with Crippen molar-refractivity contribution in [2.24, 2.45) is 0 Å². The van der Waals surface area contributed by atoms with Gasteiger partial charge < -0.3 is 16.6 Å². The monoisotopic (exact) mass is 310 g/mol. The molecule has 8 heteroatoms. The Morgan fingerprint density at radius 1 is 1.09 bits per heavy atom. The Kier molecular flexibility index (Phi) is 3.71. The quantitative estimate of drug-likeness (QED) is 0.649. The first-order chi connectivity index (χ1) is 11.0. The summed E-state index contributed by atoms with van der Waals surface area (Å²) < 4.78 is 0. The van der Waals surface area contributed by atoms with Gasteiger partial charge in [-0.3, -0.25) is 4.98 Å². The predicted molar refractivity (Wildman–Crippen MR) is 84.8 cm³/mol. The molecule has 3 aromatic heterocycles. The van der Waals surface area contributed by atoms with Crippen molar-refractivity contribution in [3.8, 4) is 0 Å². The third-order valence-corrected chi connectivity index (χ3v) is 3.40. The van der Waals surface area contributed by atoms with Crippen LogP contribution in [0.25, 0.3) is 11.0 Å². The van der Waals surface area contributed by atoms with Crippen molar-refractivity contribution in [3.63, 3.8) is 0 Å². The Labute approximate surface area is 131 Å². The lowest BCUT2D eigenvalue weighted by atomic mass is 10.1. The van der Waals surface area contributed by atoms with Crippen LogP contribution in [0.1, 0.15) is 21.6 Å². The van der Waals surface area contributed by atoms with Crippen molar-refractivity contribution in [1.82, 2.24) is 19.9 Å². The number of carbonyl (C=O) groups is 1. The standard InChI is InChI=1S/C15H14N6O2/c16-12-11-5-8(6-19-13(11)21-15(17)20-12)1-3-10-4-2-9(7-18-10)14(22)23/h2,4-7H,1,3H2,(H,22,23)(H4,16,17,19,20,21). The molecule has 3 rings (SSSR count). The molecule has 5 N–H and O–H groups in total. The predicted octanol–water partition coefficient (Wildman–Crippen LogP) is 1.07. The summed E-state index contributed by atoms with van der Waals surface area (Å²) in [6, 6.07) is 5.12. The number of aromatic carboxylic acids is 1. The van der Waals surface area contributed by atoms with E-state index in [0.29, 0.717) is 29.7 Å². The first-order valence-electron chi connectivity index (χ1n) is 6.89. The number of nitrogens with zero attached hydrogens (tertiary/aromatic N) is 4. The van der Waals surface area contributed by atoms with Crippen LogP contribution in [0.5, 0.6) is 0 Å². The van der Waals surface area contributed by atoms with Crippen LogP contribution in [-0.4, -0.2) is 31.0 Å². The molecular weight excluding hydrogens is 296 g/mol. The maximum atomic E-state index is 10.8. The summed E-state index contributed by atoms with van der Waals surface area (Å²) in [7, 11) is 0. The van der Waals surface area contributed by atoms with E-state index in [9.17, 15) is 4.79 Å². The van der Waals surface area contributed by atoms with Crippen LogP contribution < -0.4 is 11.5 Å². The highest BCUT2D eigenvalue weighted by molar-refractivity contribution is 5.87. The van der Waals surface area contributed by atoms with Gasteiger partial charge in [0.1, 0.15) is 5.82 Å². The molecule has 116 valence electrons. The van der Waals surface area contributed by atoms with Crippen LogP contribution >= 0.6 is 0 Å². The first kappa shape index (κ1) is 14.6. The highest BCUT2D eigenvalue weighted by Crippen LogP contribution is 2.18. The number of fused-ring (bicyclic) bond motifs is 1. The number of aromatic nitrogens is 4. The molecule has 0 aliphatic rings. The lowest BCUT2D eigenvalue weighted by molar-refractivity contribution is 0.0696. The van der Waals surface area contributed by atoms with E-state index in [0.717, 1.165) is 11.3 Å². The highest BCUT2D eigenvalue weighted by atomic mass is 16.4. The number of anilines is 2. The smallest absolute Gasteiger partial charge is 0.337 e. The van der Waals surface area contributed by atoms with E-state index < -0.39 is 5.97 Å². The van der Waals surface area contributed by atoms with Crippen LogP contribution in [0, 0.1) is 0 Å². The number of pyridine rings is 2. The molecule has 0 aromatic carbocycles. The molecule has 0 saturated carbocycles. The largest absolute Gasteiger partial charge is 0.478 e. The third kappa shape index (κ3) is 3.15. The number of aryl methyl sites for hydroxylation is 2. The van der Waals surface area contributed by atoms with Gasteiger partial charge in [-0.15, -0.1) is 0 Å². The molecule has 8 nitrogen and oxygen atoms in total. The first-order valence-corrected chi connectivity index (χ1v) is 6.89. The maximum absolute atomic E-state index is 10.8. The Morgan fingerprint density at radius 2 is 1.91 bits per heavy atom. The molecule has 3 heterocycles. The molecule has 0 aliphatic carbocycles. The van der Waals surface area contributed by atoms with Crippen LogP contribution in [0.3, 0.4) is 0 Å². The van der Waals surface area contributed by atoms with E-state index in [4.69, 9.17) is 16.6 Å². The molecule has 0 bridgehead atoms. The van der Waals surface area contributed by atoms with Gasteiger partial charge in [0.2, 0.25) is 5.95 Å². The summed E-state index contributed by atoms with van der Waals surface area (Å²) in [5.74, 6) is -0.596. The molecule has 23 heavy (non-hydrogen) atoms. The average molecular weight is 310 g/mol. The van der Waals surface area contributed by atoms with Gasteiger partial charge in [0.15, 0.2) is 5.65 Å². The number of carboxylic acid groups (broad SMARTS) is 1. The fourth-order valence-electron chi connectivity index (χ4n) is 2.20. The average Bonchev–Trinajstić information content (AvgIpc) is 2.53. The van der Waals surface area contributed by atoms with Gasteiger partial charge in [-0.2, -0.15) is 9.97 Å². The van der Waals surface area contributed by atoms with Crippen molar-refractivity contribution < 1.29 is 9.90 Å².